The Labute approximate surface area is 171 Å². The van der Waals surface area contributed by atoms with Crippen LogP contribution in [0, 0.1) is 0 Å². The molecule has 1 amide bonds. The average Bonchev–Trinajstić information content (AvgIpc) is 3.13. The summed E-state index contributed by atoms with van der Waals surface area (Å²) in [7, 11) is 2.08. The SMILES string of the molecule is CN1CCN(c2ccc(Cl)cc2NC(=O)c2ccc3nc(C(F)F)[nH]c3c2)CC1. The molecule has 3 aromatic rings. The summed E-state index contributed by atoms with van der Waals surface area (Å²) in [5, 5.41) is 3.43. The van der Waals surface area contributed by atoms with Crippen LogP contribution >= 0.6 is 11.6 Å². The van der Waals surface area contributed by atoms with Gasteiger partial charge < -0.3 is 20.1 Å². The molecule has 0 spiro atoms. The molecule has 1 aliphatic heterocycles. The Morgan fingerprint density at radius 1 is 1.17 bits per heavy atom. The van der Waals surface area contributed by atoms with E-state index in [2.05, 4.69) is 32.1 Å². The number of hydrogen-bond donors (Lipinski definition) is 2. The molecule has 0 aliphatic carbocycles. The summed E-state index contributed by atoms with van der Waals surface area (Å²) in [6.07, 6.45) is -2.70. The maximum absolute atomic E-state index is 12.8. The minimum atomic E-state index is -2.70. The number of aromatic nitrogens is 2. The van der Waals surface area contributed by atoms with Crippen LogP contribution in [0.25, 0.3) is 11.0 Å². The lowest BCUT2D eigenvalue weighted by atomic mass is 10.1. The van der Waals surface area contributed by atoms with E-state index in [1.165, 1.54) is 6.07 Å². The molecule has 1 aromatic heterocycles. The molecule has 1 aliphatic rings. The number of benzene rings is 2. The van der Waals surface area contributed by atoms with Crippen LogP contribution in [-0.2, 0) is 0 Å². The molecule has 0 bridgehead atoms. The molecule has 29 heavy (non-hydrogen) atoms. The first kappa shape index (κ1) is 19.6. The topological polar surface area (TPSA) is 64.3 Å². The maximum atomic E-state index is 12.8. The molecule has 1 fully saturated rings. The number of hydrogen-bond acceptors (Lipinski definition) is 4. The Morgan fingerprint density at radius 2 is 1.93 bits per heavy atom. The second-order valence-corrected chi connectivity index (χ2v) is 7.50. The molecule has 4 rings (SSSR count). The van der Waals surface area contributed by atoms with Crippen molar-refractivity contribution in [1.82, 2.24) is 14.9 Å². The lowest BCUT2D eigenvalue weighted by Gasteiger charge is -2.35. The first-order valence-electron chi connectivity index (χ1n) is 9.23. The van der Waals surface area contributed by atoms with Crippen LogP contribution < -0.4 is 10.2 Å². The number of rotatable bonds is 4. The molecule has 9 heteroatoms. The molecule has 0 atom stereocenters. The van der Waals surface area contributed by atoms with Crippen molar-refractivity contribution in [2.24, 2.45) is 0 Å². The van der Waals surface area contributed by atoms with Crippen molar-refractivity contribution in [3.8, 4) is 0 Å². The van der Waals surface area contributed by atoms with Gasteiger partial charge in [-0.15, -0.1) is 0 Å². The zero-order valence-electron chi connectivity index (χ0n) is 15.8. The van der Waals surface area contributed by atoms with Crippen LogP contribution in [0.3, 0.4) is 0 Å². The molecular formula is C20H20ClF2N5O. The van der Waals surface area contributed by atoms with E-state index in [9.17, 15) is 13.6 Å². The molecule has 2 N–H and O–H groups in total. The van der Waals surface area contributed by atoms with Crippen molar-refractivity contribution in [2.75, 3.05) is 43.4 Å². The number of piperazine rings is 1. The van der Waals surface area contributed by atoms with Gasteiger partial charge in [0, 0.05) is 36.8 Å². The molecule has 2 aromatic carbocycles. The van der Waals surface area contributed by atoms with E-state index in [-0.39, 0.29) is 5.91 Å². The Kier molecular flexibility index (Phi) is 5.38. The molecule has 6 nitrogen and oxygen atoms in total. The number of imidazole rings is 1. The zero-order chi connectivity index (χ0) is 20.5. The van der Waals surface area contributed by atoms with Crippen molar-refractivity contribution in [2.45, 2.75) is 6.43 Å². The highest BCUT2D eigenvalue weighted by Gasteiger charge is 2.19. The minimum Gasteiger partial charge on any atom is -0.367 e. The van der Waals surface area contributed by atoms with E-state index >= 15 is 0 Å². The number of carbonyl (C=O) groups is 1. The second kappa shape index (κ2) is 7.96. The van der Waals surface area contributed by atoms with Gasteiger partial charge in [0.25, 0.3) is 12.3 Å². The summed E-state index contributed by atoms with van der Waals surface area (Å²) in [5.74, 6) is -0.762. The number of alkyl halides is 2. The number of nitrogens with one attached hydrogen (secondary N) is 2. The van der Waals surface area contributed by atoms with E-state index in [4.69, 9.17) is 11.6 Å². The van der Waals surface area contributed by atoms with Crippen LogP contribution in [0.2, 0.25) is 5.02 Å². The quantitative estimate of drug-likeness (QED) is 0.666. The minimum absolute atomic E-state index is 0.339. The van der Waals surface area contributed by atoms with Gasteiger partial charge in [0.2, 0.25) is 0 Å². The Morgan fingerprint density at radius 3 is 2.66 bits per heavy atom. The van der Waals surface area contributed by atoms with Gasteiger partial charge in [-0.1, -0.05) is 11.6 Å². The van der Waals surface area contributed by atoms with Crippen LogP contribution in [0.5, 0.6) is 0 Å². The molecule has 1 saturated heterocycles. The Bertz CT molecular complexity index is 1050. The fourth-order valence-electron chi connectivity index (χ4n) is 3.40. The van der Waals surface area contributed by atoms with Gasteiger partial charge in [0.1, 0.15) is 0 Å². The van der Waals surface area contributed by atoms with E-state index in [1.54, 1.807) is 24.3 Å². The zero-order valence-corrected chi connectivity index (χ0v) is 16.5. The number of halogens is 3. The summed E-state index contributed by atoms with van der Waals surface area (Å²) >= 11 is 6.16. The summed E-state index contributed by atoms with van der Waals surface area (Å²) in [6.45, 7) is 3.55. The molecule has 152 valence electrons. The van der Waals surface area contributed by atoms with Crippen LogP contribution in [0.15, 0.2) is 36.4 Å². The average molecular weight is 420 g/mol. The highest BCUT2D eigenvalue weighted by molar-refractivity contribution is 6.31. The molecule has 0 radical (unpaired) electrons. The number of amides is 1. The van der Waals surface area contributed by atoms with E-state index < -0.39 is 12.2 Å². The Balaban J connectivity index is 1.59. The van der Waals surface area contributed by atoms with Gasteiger partial charge in [0.05, 0.1) is 22.4 Å². The van der Waals surface area contributed by atoms with Gasteiger partial charge in [-0.25, -0.2) is 13.8 Å². The number of fused-ring (bicyclic) bond motifs is 1. The predicted octanol–water partition coefficient (Wildman–Crippen LogP) is 4.16. The van der Waals surface area contributed by atoms with Crippen molar-refractivity contribution in [3.05, 3.63) is 52.8 Å². The number of nitrogens with zero attached hydrogens (tertiary/aromatic N) is 3. The monoisotopic (exact) mass is 419 g/mol. The number of carbonyl (C=O) groups excluding carboxylic acids is 1. The van der Waals surface area contributed by atoms with Gasteiger partial charge in [-0.3, -0.25) is 4.79 Å². The molecule has 2 heterocycles. The van der Waals surface area contributed by atoms with Crippen molar-refractivity contribution in [3.63, 3.8) is 0 Å². The standard InChI is InChI=1S/C20H20ClF2N5O/c1-27-6-8-28(9-7-27)17-5-3-13(21)11-16(17)26-20(29)12-2-4-14-15(10-12)25-19(24-14)18(22)23/h2-5,10-11,18H,6-9H2,1H3,(H,24,25)(H,26,29). The third kappa shape index (κ3) is 4.18. The van der Waals surface area contributed by atoms with E-state index in [0.717, 1.165) is 31.9 Å². The summed E-state index contributed by atoms with van der Waals surface area (Å²) in [6, 6.07) is 10.0. The smallest absolute Gasteiger partial charge is 0.295 e. The molecule has 0 saturated carbocycles. The number of H-pyrrole nitrogens is 1. The lowest BCUT2D eigenvalue weighted by molar-refractivity contribution is 0.102. The highest BCUT2D eigenvalue weighted by Crippen LogP contribution is 2.30. The lowest BCUT2D eigenvalue weighted by Crippen LogP contribution is -2.44. The summed E-state index contributed by atoms with van der Waals surface area (Å²) in [5.41, 5.74) is 2.63. The first-order chi connectivity index (χ1) is 13.9. The van der Waals surface area contributed by atoms with Crippen molar-refractivity contribution >= 4 is 39.9 Å². The van der Waals surface area contributed by atoms with Gasteiger partial charge >= 0.3 is 0 Å². The maximum Gasteiger partial charge on any atom is 0.295 e. The summed E-state index contributed by atoms with van der Waals surface area (Å²) < 4.78 is 25.7. The molecule has 0 unspecified atom stereocenters. The fraction of sp³-hybridized carbons (Fsp3) is 0.300. The second-order valence-electron chi connectivity index (χ2n) is 7.06. The van der Waals surface area contributed by atoms with Crippen LogP contribution in [0.1, 0.15) is 22.6 Å². The van der Waals surface area contributed by atoms with Crippen molar-refractivity contribution < 1.29 is 13.6 Å². The predicted molar refractivity (Wildman–Crippen MR) is 110 cm³/mol. The number of aromatic amines is 1. The highest BCUT2D eigenvalue weighted by atomic mass is 35.5. The van der Waals surface area contributed by atoms with E-state index in [1.807, 2.05) is 6.07 Å². The number of likely N-dealkylation sites (N-methyl/N-ethyl adjacent to an activating group) is 1. The fourth-order valence-corrected chi connectivity index (χ4v) is 3.57. The number of anilines is 2. The Hall–Kier alpha value is -2.71. The van der Waals surface area contributed by atoms with Crippen LogP contribution in [-0.4, -0.2) is 54.0 Å². The first-order valence-corrected chi connectivity index (χ1v) is 9.61. The van der Waals surface area contributed by atoms with Crippen molar-refractivity contribution in [1.29, 1.82) is 0 Å². The van der Waals surface area contributed by atoms with E-state index in [0.29, 0.717) is 27.3 Å². The van der Waals surface area contributed by atoms with Crippen LogP contribution in [0.4, 0.5) is 20.2 Å². The largest absolute Gasteiger partial charge is 0.367 e. The third-order valence-corrected chi connectivity index (χ3v) is 5.25. The van der Waals surface area contributed by atoms with Gasteiger partial charge in [0.15, 0.2) is 5.82 Å². The normalized spacial score (nSPS) is 15.3. The molecular weight excluding hydrogens is 400 g/mol. The van der Waals surface area contributed by atoms with Gasteiger partial charge in [-0.05, 0) is 43.4 Å². The summed E-state index contributed by atoms with van der Waals surface area (Å²) in [4.78, 5) is 23.7. The van der Waals surface area contributed by atoms with Gasteiger partial charge in [-0.2, -0.15) is 0 Å². The third-order valence-electron chi connectivity index (χ3n) is 5.02.